The van der Waals surface area contributed by atoms with Crippen LogP contribution < -0.4 is 15.3 Å². The van der Waals surface area contributed by atoms with Crippen LogP contribution in [0.25, 0.3) is 34.0 Å². The number of benzene rings is 3. The van der Waals surface area contributed by atoms with Crippen molar-refractivity contribution in [1.82, 2.24) is 4.98 Å². The number of rotatable bonds is 0. The van der Waals surface area contributed by atoms with Gasteiger partial charge in [-0.3, -0.25) is 0 Å². The van der Waals surface area contributed by atoms with E-state index < -0.39 is 0 Å². The molecule has 2 heteroatoms. The van der Waals surface area contributed by atoms with E-state index in [4.69, 9.17) is 0 Å². The summed E-state index contributed by atoms with van der Waals surface area (Å²) >= 11 is 0. The highest BCUT2D eigenvalue weighted by Crippen LogP contribution is 2.47. The van der Waals surface area contributed by atoms with Crippen LogP contribution in [0, 0.1) is 0 Å². The van der Waals surface area contributed by atoms with Gasteiger partial charge in [0.2, 0.25) is 0 Å². The number of aromatic amines is 1. The maximum absolute atomic E-state index is 3.59. The molecular formula is C23H18N2. The van der Waals surface area contributed by atoms with Gasteiger partial charge in [-0.1, -0.05) is 54.6 Å². The van der Waals surface area contributed by atoms with E-state index in [1.165, 1.54) is 43.5 Å². The Balaban J connectivity index is 1.75. The Kier molecular flexibility index (Phi) is 2.42. The van der Waals surface area contributed by atoms with Crippen LogP contribution in [0.5, 0.6) is 0 Å². The van der Waals surface area contributed by atoms with Crippen molar-refractivity contribution < 1.29 is 0 Å². The fourth-order valence-corrected chi connectivity index (χ4v) is 4.76. The van der Waals surface area contributed by atoms with E-state index in [0.717, 1.165) is 0 Å². The first kappa shape index (κ1) is 13.3. The Morgan fingerprint density at radius 1 is 0.800 bits per heavy atom. The van der Waals surface area contributed by atoms with Gasteiger partial charge in [0.25, 0.3) is 0 Å². The Morgan fingerprint density at radius 3 is 2.44 bits per heavy atom. The molecule has 2 aliphatic rings. The first-order valence-electron chi connectivity index (χ1n) is 8.86. The molecule has 2 atom stereocenters. The van der Waals surface area contributed by atoms with Crippen LogP contribution >= 0.6 is 0 Å². The second-order valence-corrected chi connectivity index (χ2v) is 7.18. The first-order chi connectivity index (χ1) is 12.3. The van der Waals surface area contributed by atoms with E-state index in [1.54, 1.807) is 0 Å². The minimum atomic E-state index is 0.393. The quantitative estimate of drug-likeness (QED) is 0.525. The maximum Gasteiger partial charge on any atom is 0.0583 e. The van der Waals surface area contributed by atoms with Gasteiger partial charge in [0.05, 0.1) is 6.04 Å². The molecule has 1 aliphatic carbocycles. The Hall–Kier alpha value is -3.00. The number of anilines is 1. The van der Waals surface area contributed by atoms with Gasteiger partial charge in [-0.2, -0.15) is 0 Å². The van der Waals surface area contributed by atoms with Crippen molar-refractivity contribution in [3.63, 3.8) is 0 Å². The zero-order valence-electron chi connectivity index (χ0n) is 14.0. The van der Waals surface area contributed by atoms with Crippen molar-refractivity contribution in [2.45, 2.75) is 12.0 Å². The van der Waals surface area contributed by atoms with E-state index in [0.29, 0.717) is 12.0 Å². The van der Waals surface area contributed by atoms with Gasteiger partial charge in [-0.25, -0.2) is 0 Å². The molecule has 0 saturated heterocycles. The van der Waals surface area contributed by atoms with E-state index in [2.05, 4.69) is 89.7 Å². The van der Waals surface area contributed by atoms with Gasteiger partial charge in [0.15, 0.2) is 0 Å². The largest absolute Gasteiger partial charge is 0.367 e. The molecule has 0 bridgehead atoms. The third-order valence-electron chi connectivity index (χ3n) is 5.92. The summed E-state index contributed by atoms with van der Waals surface area (Å²) in [4.78, 5) is 6.03. The summed E-state index contributed by atoms with van der Waals surface area (Å²) in [6, 6.07) is 22.3. The lowest BCUT2D eigenvalue weighted by atomic mass is 9.87. The highest BCUT2D eigenvalue weighted by molar-refractivity contribution is 6.12. The van der Waals surface area contributed by atoms with Crippen molar-refractivity contribution in [2.75, 3.05) is 11.9 Å². The highest BCUT2D eigenvalue weighted by Gasteiger charge is 2.36. The van der Waals surface area contributed by atoms with E-state index >= 15 is 0 Å². The number of nitrogens with one attached hydrogen (secondary N) is 1. The van der Waals surface area contributed by atoms with Crippen LogP contribution in [0.4, 0.5) is 5.69 Å². The molecule has 1 N–H and O–H groups in total. The first-order valence-corrected chi connectivity index (χ1v) is 8.86. The lowest BCUT2D eigenvalue weighted by molar-refractivity contribution is 0.779. The van der Waals surface area contributed by atoms with Gasteiger partial charge >= 0.3 is 0 Å². The zero-order valence-corrected chi connectivity index (χ0v) is 14.0. The van der Waals surface area contributed by atoms with Crippen LogP contribution in [0.3, 0.4) is 0 Å². The average molecular weight is 322 g/mol. The smallest absolute Gasteiger partial charge is 0.0583 e. The molecule has 120 valence electrons. The summed E-state index contributed by atoms with van der Waals surface area (Å²) in [5.41, 5.74) is 5.28. The lowest BCUT2D eigenvalue weighted by Crippen LogP contribution is -2.38. The molecule has 25 heavy (non-hydrogen) atoms. The number of likely N-dealkylation sites (N-methyl/N-ethyl adjacent to an activating group) is 1. The molecule has 6 rings (SSSR count). The number of aromatic nitrogens is 1. The molecule has 2 heterocycles. The van der Waals surface area contributed by atoms with Gasteiger partial charge < -0.3 is 9.88 Å². The van der Waals surface area contributed by atoms with Gasteiger partial charge in [-0.15, -0.1) is 0 Å². The van der Waals surface area contributed by atoms with Crippen LogP contribution in [-0.2, 0) is 0 Å². The number of fused-ring (bicyclic) bond motifs is 8. The van der Waals surface area contributed by atoms with E-state index in [1.807, 2.05) is 0 Å². The van der Waals surface area contributed by atoms with Gasteiger partial charge in [0, 0.05) is 40.5 Å². The Morgan fingerprint density at radius 2 is 1.56 bits per heavy atom. The molecule has 1 aliphatic heterocycles. The number of hydrogen-bond donors (Lipinski definition) is 1. The van der Waals surface area contributed by atoms with E-state index in [9.17, 15) is 0 Å². The maximum atomic E-state index is 3.59. The summed E-state index contributed by atoms with van der Waals surface area (Å²) in [7, 11) is 2.22. The molecule has 2 unspecified atom stereocenters. The van der Waals surface area contributed by atoms with Crippen molar-refractivity contribution >= 4 is 39.6 Å². The van der Waals surface area contributed by atoms with Crippen LogP contribution in [0.2, 0.25) is 0 Å². The Labute approximate surface area is 145 Å². The van der Waals surface area contributed by atoms with Crippen molar-refractivity contribution in [3.05, 3.63) is 76.7 Å². The average Bonchev–Trinajstić information content (AvgIpc) is 3.16. The van der Waals surface area contributed by atoms with Gasteiger partial charge in [-0.05, 0) is 34.2 Å². The molecule has 0 amide bonds. The number of hydrogen-bond acceptors (Lipinski definition) is 1. The second kappa shape index (κ2) is 4.54. The van der Waals surface area contributed by atoms with Crippen molar-refractivity contribution in [3.8, 4) is 0 Å². The predicted octanol–water partition coefficient (Wildman–Crippen LogP) is 3.50. The molecule has 0 spiro atoms. The summed E-state index contributed by atoms with van der Waals surface area (Å²) in [6.45, 7) is 0. The summed E-state index contributed by atoms with van der Waals surface area (Å²) in [5, 5.41) is 5.41. The molecular weight excluding hydrogens is 304 g/mol. The zero-order chi connectivity index (χ0) is 16.5. The lowest BCUT2D eigenvalue weighted by Gasteiger charge is -2.24. The summed E-state index contributed by atoms with van der Waals surface area (Å²) < 4.78 is 0. The predicted molar refractivity (Wildman–Crippen MR) is 105 cm³/mol. The van der Waals surface area contributed by atoms with Crippen LogP contribution in [0.1, 0.15) is 11.5 Å². The van der Waals surface area contributed by atoms with Gasteiger partial charge in [0.1, 0.15) is 0 Å². The topological polar surface area (TPSA) is 19.0 Å². The van der Waals surface area contributed by atoms with Crippen molar-refractivity contribution in [2.24, 2.45) is 0 Å². The molecule has 2 nitrogen and oxygen atoms in total. The summed E-state index contributed by atoms with van der Waals surface area (Å²) in [5.74, 6) is 0.401. The van der Waals surface area contributed by atoms with E-state index in [-0.39, 0.29) is 0 Å². The van der Waals surface area contributed by atoms with Crippen LogP contribution in [0.15, 0.2) is 60.7 Å². The highest BCUT2D eigenvalue weighted by atomic mass is 15.2. The molecule has 0 fully saturated rings. The Bertz CT molecular complexity index is 1280. The molecule has 0 radical (unpaired) electrons. The molecule has 3 aromatic carbocycles. The molecule has 4 aromatic rings. The fraction of sp³-hybridized carbons (Fsp3) is 0.130. The normalized spacial score (nSPS) is 20.8. The fourth-order valence-electron chi connectivity index (χ4n) is 4.76. The number of nitrogens with zero attached hydrogens (tertiary/aromatic N) is 1. The monoisotopic (exact) mass is 322 g/mol. The number of para-hydroxylation sites is 1. The van der Waals surface area contributed by atoms with Crippen molar-refractivity contribution in [1.29, 1.82) is 0 Å². The minimum Gasteiger partial charge on any atom is -0.367 e. The molecule has 1 aromatic heterocycles. The standard InChI is InChI=1S/C23H18N2/c1-25-20-11-10-19-22(16-8-4-5-9-18(16)24-19)23(20)17-12-14-6-2-3-7-15(14)13-21(17)25/h2-13,17,21,24H,1H3. The third-order valence-corrected chi connectivity index (χ3v) is 5.92. The SMILES string of the molecule is CN1c2ccc3[nH]c4ccccc4c3c2C2C=c3ccccc3=CC21. The molecule has 0 saturated carbocycles. The van der Waals surface area contributed by atoms with Crippen LogP contribution in [-0.4, -0.2) is 18.1 Å². The number of H-pyrrole nitrogens is 1. The summed E-state index contributed by atoms with van der Waals surface area (Å²) in [6.07, 6.45) is 4.89. The second-order valence-electron chi connectivity index (χ2n) is 7.18. The minimum absolute atomic E-state index is 0.393. The third kappa shape index (κ3) is 1.64.